The van der Waals surface area contributed by atoms with E-state index in [1.54, 1.807) is 12.4 Å². The Morgan fingerprint density at radius 3 is 2.50 bits per heavy atom. The predicted molar refractivity (Wildman–Crippen MR) is 82.5 cm³/mol. The lowest BCUT2D eigenvalue weighted by molar-refractivity contribution is 0.325. The quantitative estimate of drug-likeness (QED) is 0.830. The van der Waals surface area contributed by atoms with Gasteiger partial charge in [-0.3, -0.25) is 0 Å². The van der Waals surface area contributed by atoms with Crippen LogP contribution in [-0.2, 0) is 0 Å². The van der Waals surface area contributed by atoms with Crippen LogP contribution < -0.4 is 9.64 Å². The van der Waals surface area contributed by atoms with E-state index in [-0.39, 0.29) is 0 Å². The summed E-state index contributed by atoms with van der Waals surface area (Å²) in [5.74, 6) is 1.45. The first-order valence-corrected chi connectivity index (χ1v) is 7.57. The maximum Gasteiger partial charge on any atom is 0.232 e. The monoisotopic (exact) mass is 333 g/mol. The van der Waals surface area contributed by atoms with E-state index < -0.39 is 0 Å². The third-order valence-electron chi connectivity index (χ3n) is 3.17. The molecule has 0 N–H and O–H groups in total. The van der Waals surface area contributed by atoms with Crippen LogP contribution in [-0.4, -0.2) is 22.6 Å². The number of benzene rings is 1. The van der Waals surface area contributed by atoms with Gasteiger partial charge < -0.3 is 9.64 Å². The van der Waals surface area contributed by atoms with Crippen LogP contribution in [0.4, 0.5) is 11.5 Å². The van der Waals surface area contributed by atoms with Crippen molar-refractivity contribution in [3.05, 3.63) is 41.1 Å². The van der Waals surface area contributed by atoms with E-state index in [0.29, 0.717) is 18.5 Å². The topological polar surface area (TPSA) is 38.2 Å². The van der Waals surface area contributed by atoms with E-state index in [9.17, 15) is 0 Å². The molecule has 0 radical (unpaired) electrons. The molecule has 2 aromatic rings. The Kier molecular flexibility index (Phi) is 3.87. The summed E-state index contributed by atoms with van der Waals surface area (Å²) < 4.78 is 6.42. The van der Waals surface area contributed by atoms with Crippen molar-refractivity contribution in [1.82, 2.24) is 9.97 Å². The second-order valence-corrected chi connectivity index (χ2v) is 5.64. The maximum atomic E-state index is 5.34. The van der Waals surface area contributed by atoms with Crippen LogP contribution in [0.25, 0.3) is 0 Å². The van der Waals surface area contributed by atoms with Gasteiger partial charge in [-0.1, -0.05) is 15.9 Å². The number of rotatable bonds is 5. The normalized spacial score (nSPS) is 14.1. The Bertz CT molecular complexity index is 567. The maximum absolute atomic E-state index is 5.34. The minimum Gasteiger partial charge on any atom is -0.477 e. The number of nitrogens with zero attached hydrogens (tertiary/aromatic N) is 3. The lowest BCUT2D eigenvalue weighted by Crippen LogP contribution is -2.20. The summed E-state index contributed by atoms with van der Waals surface area (Å²) in [5, 5.41) is 0. The van der Waals surface area contributed by atoms with Gasteiger partial charge in [-0.25, -0.2) is 9.97 Å². The van der Waals surface area contributed by atoms with Crippen LogP contribution in [0.3, 0.4) is 0 Å². The summed E-state index contributed by atoms with van der Waals surface area (Å²) in [6.45, 7) is 2.54. The van der Waals surface area contributed by atoms with Crippen LogP contribution in [0.1, 0.15) is 19.8 Å². The van der Waals surface area contributed by atoms with Crippen LogP contribution in [0, 0.1) is 0 Å². The number of hydrogen-bond donors (Lipinski definition) is 0. The summed E-state index contributed by atoms with van der Waals surface area (Å²) in [7, 11) is 0. The molecular formula is C15H16BrN3O. The molecule has 3 rings (SSSR count). The van der Waals surface area contributed by atoms with Gasteiger partial charge in [-0.15, -0.1) is 0 Å². The molecule has 1 heterocycles. The molecule has 1 fully saturated rings. The lowest BCUT2D eigenvalue weighted by Gasteiger charge is -2.23. The molecule has 0 unspecified atom stereocenters. The second kappa shape index (κ2) is 5.79. The molecule has 0 saturated heterocycles. The van der Waals surface area contributed by atoms with Crippen molar-refractivity contribution < 1.29 is 4.74 Å². The molecular weight excluding hydrogens is 318 g/mol. The van der Waals surface area contributed by atoms with Gasteiger partial charge in [0.05, 0.1) is 19.0 Å². The molecule has 0 bridgehead atoms. The number of hydrogen-bond acceptors (Lipinski definition) is 4. The fraction of sp³-hybridized carbons (Fsp3) is 0.333. The third-order valence-corrected chi connectivity index (χ3v) is 3.70. The minimum absolute atomic E-state index is 0.531. The van der Waals surface area contributed by atoms with E-state index in [0.717, 1.165) is 16.0 Å². The highest BCUT2D eigenvalue weighted by atomic mass is 79.9. The number of anilines is 2. The minimum atomic E-state index is 0.531. The zero-order valence-corrected chi connectivity index (χ0v) is 12.9. The molecule has 1 aromatic carbocycles. The van der Waals surface area contributed by atoms with Gasteiger partial charge in [0.2, 0.25) is 5.88 Å². The summed E-state index contributed by atoms with van der Waals surface area (Å²) in [6, 6.07) is 8.82. The summed E-state index contributed by atoms with van der Waals surface area (Å²) in [6.07, 6.45) is 5.87. The highest BCUT2D eigenvalue weighted by molar-refractivity contribution is 9.10. The zero-order chi connectivity index (χ0) is 13.9. The first-order chi connectivity index (χ1) is 9.78. The van der Waals surface area contributed by atoms with Gasteiger partial charge in [0.15, 0.2) is 5.82 Å². The van der Waals surface area contributed by atoms with Crippen molar-refractivity contribution in [2.75, 3.05) is 11.5 Å². The molecule has 0 atom stereocenters. The summed E-state index contributed by atoms with van der Waals surface area (Å²) >= 11 is 3.47. The molecule has 104 valence electrons. The molecule has 0 amide bonds. The molecule has 1 aromatic heterocycles. The number of halogens is 1. The molecule has 0 spiro atoms. The Morgan fingerprint density at radius 1 is 1.20 bits per heavy atom. The predicted octanol–water partition coefficient (Wildman–Crippen LogP) is 3.94. The third kappa shape index (κ3) is 2.93. The Hall–Kier alpha value is -1.62. The van der Waals surface area contributed by atoms with Crippen LogP contribution in [0.2, 0.25) is 0 Å². The van der Waals surface area contributed by atoms with Gasteiger partial charge in [0.1, 0.15) is 0 Å². The number of aromatic nitrogens is 2. The standard InChI is InChI=1S/C15H16BrN3O/c1-2-20-15-10-17-14(9-18-15)19(13-7-8-13)12-5-3-11(16)4-6-12/h3-6,9-10,13H,2,7-8H2,1H3. The average molecular weight is 334 g/mol. The van der Waals surface area contributed by atoms with Gasteiger partial charge >= 0.3 is 0 Å². The van der Waals surface area contributed by atoms with Crippen molar-refractivity contribution in [1.29, 1.82) is 0 Å². The SMILES string of the molecule is CCOc1cnc(N(c2ccc(Br)cc2)C2CC2)cn1. The first-order valence-electron chi connectivity index (χ1n) is 6.77. The summed E-state index contributed by atoms with van der Waals surface area (Å²) in [4.78, 5) is 11.0. The average Bonchev–Trinajstić information content (AvgIpc) is 3.28. The smallest absolute Gasteiger partial charge is 0.232 e. The molecule has 1 aliphatic rings. The Morgan fingerprint density at radius 2 is 1.95 bits per heavy atom. The van der Waals surface area contributed by atoms with Gasteiger partial charge in [-0.2, -0.15) is 0 Å². The highest BCUT2D eigenvalue weighted by Crippen LogP contribution is 2.37. The highest BCUT2D eigenvalue weighted by Gasteiger charge is 2.31. The second-order valence-electron chi connectivity index (χ2n) is 4.72. The van der Waals surface area contributed by atoms with Crippen molar-refractivity contribution in [2.45, 2.75) is 25.8 Å². The van der Waals surface area contributed by atoms with Crippen molar-refractivity contribution in [2.24, 2.45) is 0 Å². The zero-order valence-electron chi connectivity index (χ0n) is 11.3. The van der Waals surface area contributed by atoms with E-state index in [2.05, 4.69) is 42.9 Å². The van der Waals surface area contributed by atoms with E-state index in [1.165, 1.54) is 12.8 Å². The number of ether oxygens (including phenoxy) is 1. The molecule has 1 saturated carbocycles. The van der Waals surface area contributed by atoms with Crippen molar-refractivity contribution >= 4 is 27.4 Å². The van der Waals surface area contributed by atoms with Crippen molar-refractivity contribution in [3.8, 4) is 5.88 Å². The summed E-state index contributed by atoms with van der Waals surface area (Å²) in [5.41, 5.74) is 1.15. The van der Waals surface area contributed by atoms with Crippen LogP contribution in [0.5, 0.6) is 5.88 Å². The molecule has 4 nitrogen and oxygen atoms in total. The fourth-order valence-electron chi connectivity index (χ4n) is 2.12. The molecule has 1 aliphatic carbocycles. The van der Waals surface area contributed by atoms with Crippen LogP contribution >= 0.6 is 15.9 Å². The molecule has 0 aliphatic heterocycles. The Balaban J connectivity index is 1.88. The Labute approximate surface area is 126 Å². The fourth-order valence-corrected chi connectivity index (χ4v) is 2.39. The first kappa shape index (κ1) is 13.4. The van der Waals surface area contributed by atoms with E-state index >= 15 is 0 Å². The van der Waals surface area contributed by atoms with Gasteiger partial charge in [0, 0.05) is 16.2 Å². The molecule has 5 heteroatoms. The van der Waals surface area contributed by atoms with E-state index in [1.807, 2.05) is 19.1 Å². The van der Waals surface area contributed by atoms with Crippen LogP contribution in [0.15, 0.2) is 41.1 Å². The largest absolute Gasteiger partial charge is 0.477 e. The van der Waals surface area contributed by atoms with Crippen molar-refractivity contribution in [3.63, 3.8) is 0 Å². The van der Waals surface area contributed by atoms with Gasteiger partial charge in [0.25, 0.3) is 0 Å². The lowest BCUT2D eigenvalue weighted by atomic mass is 10.3. The van der Waals surface area contributed by atoms with E-state index in [4.69, 9.17) is 4.74 Å². The molecule has 20 heavy (non-hydrogen) atoms. The van der Waals surface area contributed by atoms with Gasteiger partial charge in [-0.05, 0) is 44.0 Å².